The molecule has 0 aliphatic rings. The smallest absolute Gasteiger partial charge is 0.0669 e. The molecule has 0 amide bonds. The van der Waals surface area contributed by atoms with Crippen molar-refractivity contribution in [2.45, 2.75) is 26.3 Å². The molecule has 1 heterocycles. The van der Waals surface area contributed by atoms with Crippen LogP contribution in [0, 0.1) is 13.8 Å². The van der Waals surface area contributed by atoms with Gasteiger partial charge in [0.25, 0.3) is 0 Å². The van der Waals surface area contributed by atoms with Crippen molar-refractivity contribution in [1.29, 1.82) is 0 Å². The Hall–Kier alpha value is -1.65. The first-order valence-corrected chi connectivity index (χ1v) is 6.13. The number of aryl methyl sites for hydroxylation is 3. The van der Waals surface area contributed by atoms with E-state index in [1.807, 2.05) is 18.7 Å². The maximum absolute atomic E-state index is 5.69. The quantitative estimate of drug-likeness (QED) is 0.637. The number of nitrogens with zero attached hydrogens (tertiary/aromatic N) is 2. The number of nitrogens with two attached hydrogens (primary N) is 1. The molecule has 0 fully saturated rings. The largest absolute Gasteiger partial charge is 0.271 e. The Labute approximate surface area is 108 Å². The Morgan fingerprint density at radius 2 is 2.06 bits per heavy atom. The summed E-state index contributed by atoms with van der Waals surface area (Å²) >= 11 is 0. The summed E-state index contributed by atoms with van der Waals surface area (Å²) in [6, 6.07) is 10.5. The van der Waals surface area contributed by atoms with Crippen LogP contribution in [0.4, 0.5) is 0 Å². The number of hydrogen-bond donors (Lipinski definition) is 2. The van der Waals surface area contributed by atoms with Gasteiger partial charge >= 0.3 is 0 Å². The van der Waals surface area contributed by atoms with Crippen LogP contribution in [0.5, 0.6) is 0 Å². The van der Waals surface area contributed by atoms with Gasteiger partial charge in [-0.25, -0.2) is 0 Å². The van der Waals surface area contributed by atoms with E-state index in [4.69, 9.17) is 5.84 Å². The summed E-state index contributed by atoms with van der Waals surface area (Å²) in [5.74, 6) is 5.69. The van der Waals surface area contributed by atoms with Crippen LogP contribution in [-0.2, 0) is 13.5 Å². The SMILES string of the molecule is Cc1cc(C(Cc2ccccc2C)NN)n(C)n1. The van der Waals surface area contributed by atoms with Crippen molar-refractivity contribution in [1.82, 2.24) is 15.2 Å². The molecule has 4 nitrogen and oxygen atoms in total. The fourth-order valence-electron chi connectivity index (χ4n) is 2.26. The maximum Gasteiger partial charge on any atom is 0.0669 e. The lowest BCUT2D eigenvalue weighted by Gasteiger charge is -2.17. The summed E-state index contributed by atoms with van der Waals surface area (Å²) < 4.78 is 1.89. The van der Waals surface area contributed by atoms with E-state index in [1.54, 1.807) is 0 Å². The molecule has 1 aromatic carbocycles. The van der Waals surface area contributed by atoms with Crippen LogP contribution >= 0.6 is 0 Å². The Balaban J connectivity index is 2.25. The molecule has 0 aliphatic carbocycles. The summed E-state index contributed by atoms with van der Waals surface area (Å²) in [5, 5.41) is 4.37. The van der Waals surface area contributed by atoms with Crippen LogP contribution in [0.15, 0.2) is 30.3 Å². The van der Waals surface area contributed by atoms with Crippen molar-refractivity contribution in [2.24, 2.45) is 12.9 Å². The molecule has 0 saturated heterocycles. The minimum absolute atomic E-state index is 0.0808. The molecule has 4 heteroatoms. The van der Waals surface area contributed by atoms with Crippen LogP contribution in [-0.4, -0.2) is 9.78 Å². The first-order chi connectivity index (χ1) is 8.61. The van der Waals surface area contributed by atoms with Crippen LogP contribution in [0.3, 0.4) is 0 Å². The topological polar surface area (TPSA) is 55.9 Å². The number of hydrogen-bond acceptors (Lipinski definition) is 3. The summed E-state index contributed by atoms with van der Waals surface area (Å²) in [6.45, 7) is 4.11. The third-order valence-corrected chi connectivity index (χ3v) is 3.28. The van der Waals surface area contributed by atoms with E-state index in [1.165, 1.54) is 11.1 Å². The van der Waals surface area contributed by atoms with Gasteiger partial charge in [0.05, 0.1) is 17.4 Å². The standard InChI is InChI=1S/C14H20N4/c1-10-6-4-5-7-12(10)9-13(16-15)14-8-11(2)17-18(14)3/h4-8,13,16H,9,15H2,1-3H3. The van der Waals surface area contributed by atoms with E-state index < -0.39 is 0 Å². The fraction of sp³-hybridized carbons (Fsp3) is 0.357. The molecular weight excluding hydrogens is 224 g/mol. The van der Waals surface area contributed by atoms with Gasteiger partial charge in [-0.1, -0.05) is 24.3 Å². The highest BCUT2D eigenvalue weighted by atomic mass is 15.3. The molecule has 0 radical (unpaired) electrons. The van der Waals surface area contributed by atoms with Crippen LogP contribution in [0.1, 0.15) is 28.6 Å². The molecule has 96 valence electrons. The highest BCUT2D eigenvalue weighted by molar-refractivity contribution is 5.28. The van der Waals surface area contributed by atoms with E-state index in [2.05, 4.69) is 47.8 Å². The lowest BCUT2D eigenvalue weighted by atomic mass is 9.99. The molecule has 1 unspecified atom stereocenters. The van der Waals surface area contributed by atoms with Gasteiger partial charge in [-0.05, 0) is 37.5 Å². The summed E-state index contributed by atoms with van der Waals surface area (Å²) in [4.78, 5) is 0. The first-order valence-electron chi connectivity index (χ1n) is 6.13. The Bertz CT molecular complexity index is 530. The predicted molar refractivity (Wildman–Crippen MR) is 72.9 cm³/mol. The second-order valence-corrected chi connectivity index (χ2v) is 4.68. The van der Waals surface area contributed by atoms with Crippen molar-refractivity contribution in [3.05, 3.63) is 52.8 Å². The third-order valence-electron chi connectivity index (χ3n) is 3.28. The number of nitrogens with one attached hydrogen (secondary N) is 1. The van der Waals surface area contributed by atoms with E-state index >= 15 is 0 Å². The zero-order valence-corrected chi connectivity index (χ0v) is 11.1. The second kappa shape index (κ2) is 5.33. The zero-order valence-electron chi connectivity index (χ0n) is 11.1. The van der Waals surface area contributed by atoms with Gasteiger partial charge in [-0.3, -0.25) is 16.0 Å². The molecular formula is C14H20N4. The summed E-state index contributed by atoms with van der Waals surface area (Å²) in [6.07, 6.45) is 0.863. The average molecular weight is 244 g/mol. The Morgan fingerprint density at radius 1 is 1.33 bits per heavy atom. The van der Waals surface area contributed by atoms with Crippen molar-refractivity contribution in [3.8, 4) is 0 Å². The van der Waals surface area contributed by atoms with E-state index in [9.17, 15) is 0 Å². The van der Waals surface area contributed by atoms with E-state index in [0.717, 1.165) is 17.8 Å². The van der Waals surface area contributed by atoms with Gasteiger partial charge in [0.2, 0.25) is 0 Å². The van der Waals surface area contributed by atoms with Crippen LogP contribution < -0.4 is 11.3 Å². The summed E-state index contributed by atoms with van der Waals surface area (Å²) in [5.41, 5.74) is 7.60. The minimum atomic E-state index is 0.0808. The molecule has 3 N–H and O–H groups in total. The Kier molecular flexibility index (Phi) is 3.79. The number of benzene rings is 1. The molecule has 0 saturated carbocycles. The van der Waals surface area contributed by atoms with Crippen molar-refractivity contribution in [3.63, 3.8) is 0 Å². The van der Waals surface area contributed by atoms with Crippen molar-refractivity contribution < 1.29 is 0 Å². The maximum atomic E-state index is 5.69. The summed E-state index contributed by atoms with van der Waals surface area (Å²) in [7, 11) is 1.95. The van der Waals surface area contributed by atoms with Gasteiger partial charge in [0.1, 0.15) is 0 Å². The lowest BCUT2D eigenvalue weighted by Crippen LogP contribution is -2.31. The zero-order chi connectivity index (χ0) is 13.1. The normalized spacial score (nSPS) is 12.7. The molecule has 18 heavy (non-hydrogen) atoms. The van der Waals surface area contributed by atoms with E-state index in [0.29, 0.717) is 0 Å². The van der Waals surface area contributed by atoms with Gasteiger partial charge in [-0.2, -0.15) is 5.10 Å². The molecule has 2 rings (SSSR count). The molecule has 2 aromatic rings. The van der Waals surface area contributed by atoms with Gasteiger partial charge in [0, 0.05) is 7.05 Å². The van der Waals surface area contributed by atoms with Gasteiger partial charge < -0.3 is 0 Å². The number of hydrazine groups is 1. The lowest BCUT2D eigenvalue weighted by molar-refractivity contribution is 0.507. The average Bonchev–Trinajstić information content (AvgIpc) is 2.67. The van der Waals surface area contributed by atoms with Gasteiger partial charge in [0.15, 0.2) is 0 Å². The van der Waals surface area contributed by atoms with Crippen molar-refractivity contribution >= 4 is 0 Å². The molecule has 0 aliphatic heterocycles. The van der Waals surface area contributed by atoms with Crippen molar-refractivity contribution in [2.75, 3.05) is 0 Å². The highest BCUT2D eigenvalue weighted by Crippen LogP contribution is 2.20. The number of aromatic nitrogens is 2. The molecule has 1 aromatic heterocycles. The molecule has 0 bridgehead atoms. The minimum Gasteiger partial charge on any atom is -0.271 e. The third kappa shape index (κ3) is 2.60. The molecule has 0 spiro atoms. The fourth-order valence-corrected chi connectivity index (χ4v) is 2.26. The van der Waals surface area contributed by atoms with Crippen LogP contribution in [0.2, 0.25) is 0 Å². The second-order valence-electron chi connectivity index (χ2n) is 4.68. The van der Waals surface area contributed by atoms with Gasteiger partial charge in [-0.15, -0.1) is 0 Å². The van der Waals surface area contributed by atoms with E-state index in [-0.39, 0.29) is 6.04 Å². The highest BCUT2D eigenvalue weighted by Gasteiger charge is 2.16. The van der Waals surface area contributed by atoms with Crippen LogP contribution in [0.25, 0.3) is 0 Å². The predicted octanol–water partition coefficient (Wildman–Crippen LogP) is 1.78. The Morgan fingerprint density at radius 3 is 2.61 bits per heavy atom. The molecule has 1 atom stereocenters. The number of rotatable bonds is 4. The monoisotopic (exact) mass is 244 g/mol. The first kappa shape index (κ1) is 12.8.